The number of halogens is 2. The summed E-state index contributed by atoms with van der Waals surface area (Å²) < 4.78 is 19.5. The molecule has 104 valence electrons. The van der Waals surface area contributed by atoms with E-state index in [9.17, 15) is 9.18 Å². The monoisotopic (exact) mass is 331 g/mol. The first-order chi connectivity index (χ1) is 9.00. The Kier molecular flexibility index (Phi) is 4.42. The van der Waals surface area contributed by atoms with Gasteiger partial charge in [0.25, 0.3) is 0 Å². The third-order valence-electron chi connectivity index (χ3n) is 3.22. The second-order valence-corrected chi connectivity index (χ2v) is 5.37. The SMILES string of the molecule is CC(Nc1ccc(C(=O)O)c(Br)c1F)C1CCCO1. The summed E-state index contributed by atoms with van der Waals surface area (Å²) in [7, 11) is 0. The molecule has 1 aliphatic rings. The Bertz CT molecular complexity index is 489. The molecule has 1 aromatic carbocycles. The Balaban J connectivity index is 2.16. The summed E-state index contributed by atoms with van der Waals surface area (Å²) in [5.74, 6) is -1.76. The zero-order valence-corrected chi connectivity index (χ0v) is 12.0. The molecule has 1 aromatic rings. The van der Waals surface area contributed by atoms with Crippen LogP contribution in [-0.4, -0.2) is 29.8 Å². The molecule has 4 nitrogen and oxygen atoms in total. The summed E-state index contributed by atoms with van der Waals surface area (Å²) in [6.07, 6.45) is 2.03. The average molecular weight is 332 g/mol. The second kappa shape index (κ2) is 5.88. The first-order valence-corrected chi connectivity index (χ1v) is 6.89. The number of benzene rings is 1. The van der Waals surface area contributed by atoms with Gasteiger partial charge in [-0.25, -0.2) is 9.18 Å². The van der Waals surface area contributed by atoms with Crippen molar-refractivity contribution in [3.8, 4) is 0 Å². The summed E-state index contributed by atoms with van der Waals surface area (Å²) in [5, 5.41) is 11.9. The van der Waals surface area contributed by atoms with E-state index in [4.69, 9.17) is 9.84 Å². The number of ether oxygens (including phenoxy) is 1. The van der Waals surface area contributed by atoms with Gasteiger partial charge in [-0.2, -0.15) is 0 Å². The molecule has 1 aliphatic heterocycles. The zero-order valence-electron chi connectivity index (χ0n) is 10.5. The summed E-state index contributed by atoms with van der Waals surface area (Å²) in [6.45, 7) is 2.66. The molecule has 2 atom stereocenters. The number of aromatic carboxylic acids is 1. The van der Waals surface area contributed by atoms with E-state index >= 15 is 0 Å². The Labute approximate surface area is 119 Å². The highest BCUT2D eigenvalue weighted by atomic mass is 79.9. The molecule has 0 spiro atoms. The van der Waals surface area contributed by atoms with E-state index in [1.807, 2.05) is 6.92 Å². The fourth-order valence-corrected chi connectivity index (χ4v) is 2.68. The van der Waals surface area contributed by atoms with Crippen LogP contribution in [0, 0.1) is 5.82 Å². The van der Waals surface area contributed by atoms with Crippen LogP contribution in [-0.2, 0) is 4.74 Å². The van der Waals surface area contributed by atoms with Crippen molar-refractivity contribution in [1.82, 2.24) is 0 Å². The first kappa shape index (κ1) is 14.3. The maximum absolute atomic E-state index is 14.1. The number of carbonyl (C=O) groups is 1. The van der Waals surface area contributed by atoms with E-state index in [1.165, 1.54) is 12.1 Å². The van der Waals surface area contributed by atoms with E-state index in [1.54, 1.807) is 0 Å². The molecule has 2 N–H and O–H groups in total. The average Bonchev–Trinajstić information content (AvgIpc) is 2.88. The van der Waals surface area contributed by atoms with Gasteiger partial charge in [0.2, 0.25) is 0 Å². The van der Waals surface area contributed by atoms with Crippen molar-refractivity contribution >= 4 is 27.6 Å². The normalized spacial score (nSPS) is 20.3. The number of hydrogen-bond acceptors (Lipinski definition) is 3. The van der Waals surface area contributed by atoms with E-state index in [0.717, 1.165) is 19.4 Å². The van der Waals surface area contributed by atoms with Crippen LogP contribution >= 0.6 is 15.9 Å². The molecule has 0 bridgehead atoms. The lowest BCUT2D eigenvalue weighted by molar-refractivity contribution is 0.0695. The molecule has 1 heterocycles. The molecule has 6 heteroatoms. The molecule has 1 fully saturated rings. The Morgan fingerprint density at radius 3 is 2.95 bits per heavy atom. The number of nitrogens with one attached hydrogen (secondary N) is 1. The summed E-state index contributed by atoms with van der Waals surface area (Å²) in [4.78, 5) is 10.9. The third kappa shape index (κ3) is 3.06. The van der Waals surface area contributed by atoms with Crippen molar-refractivity contribution in [3.63, 3.8) is 0 Å². The summed E-state index contributed by atoms with van der Waals surface area (Å²) in [6, 6.07) is 2.79. The molecule has 0 aliphatic carbocycles. The topological polar surface area (TPSA) is 58.6 Å². The van der Waals surface area contributed by atoms with Gasteiger partial charge >= 0.3 is 5.97 Å². The zero-order chi connectivity index (χ0) is 14.0. The third-order valence-corrected chi connectivity index (χ3v) is 3.99. The Morgan fingerprint density at radius 2 is 2.37 bits per heavy atom. The molecular weight excluding hydrogens is 317 g/mol. The van der Waals surface area contributed by atoms with Crippen LogP contribution < -0.4 is 5.32 Å². The number of carboxylic acids is 1. The van der Waals surface area contributed by atoms with Gasteiger partial charge in [0.05, 0.1) is 21.8 Å². The van der Waals surface area contributed by atoms with Crippen LogP contribution in [0.3, 0.4) is 0 Å². The van der Waals surface area contributed by atoms with Crippen LogP contribution in [0.25, 0.3) is 0 Å². The van der Waals surface area contributed by atoms with Gasteiger partial charge in [0.1, 0.15) is 0 Å². The molecule has 0 radical (unpaired) electrons. The first-order valence-electron chi connectivity index (χ1n) is 6.10. The molecular formula is C13H15BrFNO3. The van der Waals surface area contributed by atoms with Crippen molar-refractivity contribution in [1.29, 1.82) is 0 Å². The lowest BCUT2D eigenvalue weighted by Crippen LogP contribution is -2.30. The van der Waals surface area contributed by atoms with Gasteiger partial charge in [0, 0.05) is 12.6 Å². The van der Waals surface area contributed by atoms with E-state index < -0.39 is 11.8 Å². The van der Waals surface area contributed by atoms with Crippen LogP contribution in [0.2, 0.25) is 0 Å². The van der Waals surface area contributed by atoms with Crippen LogP contribution in [0.1, 0.15) is 30.1 Å². The van der Waals surface area contributed by atoms with E-state index in [0.29, 0.717) is 0 Å². The van der Waals surface area contributed by atoms with Crippen molar-refractivity contribution in [2.75, 3.05) is 11.9 Å². The minimum absolute atomic E-state index is 0.0282. The molecule has 19 heavy (non-hydrogen) atoms. The van der Waals surface area contributed by atoms with E-state index in [-0.39, 0.29) is 27.9 Å². The van der Waals surface area contributed by atoms with Gasteiger partial charge in [-0.3, -0.25) is 0 Å². The van der Waals surface area contributed by atoms with Crippen molar-refractivity contribution in [3.05, 3.63) is 28.0 Å². The minimum atomic E-state index is -1.16. The van der Waals surface area contributed by atoms with Gasteiger partial charge in [-0.1, -0.05) is 0 Å². The van der Waals surface area contributed by atoms with Gasteiger partial charge in [-0.05, 0) is 47.8 Å². The van der Waals surface area contributed by atoms with Gasteiger partial charge < -0.3 is 15.2 Å². The lowest BCUT2D eigenvalue weighted by atomic mass is 10.1. The number of rotatable bonds is 4. The van der Waals surface area contributed by atoms with Crippen molar-refractivity contribution < 1.29 is 19.0 Å². The highest BCUT2D eigenvalue weighted by Crippen LogP contribution is 2.28. The molecule has 2 unspecified atom stereocenters. The Hall–Kier alpha value is -1.14. The molecule has 2 rings (SSSR count). The fourth-order valence-electron chi connectivity index (χ4n) is 2.16. The Morgan fingerprint density at radius 1 is 1.63 bits per heavy atom. The van der Waals surface area contributed by atoms with E-state index in [2.05, 4.69) is 21.2 Å². The predicted octanol–water partition coefficient (Wildman–Crippen LogP) is 3.27. The molecule has 0 saturated carbocycles. The lowest BCUT2D eigenvalue weighted by Gasteiger charge is -2.22. The van der Waals surface area contributed by atoms with Gasteiger partial charge in [0.15, 0.2) is 5.82 Å². The van der Waals surface area contributed by atoms with Crippen molar-refractivity contribution in [2.24, 2.45) is 0 Å². The molecule has 1 saturated heterocycles. The summed E-state index contributed by atoms with van der Waals surface area (Å²) in [5.41, 5.74) is 0.188. The number of hydrogen-bond donors (Lipinski definition) is 2. The number of carboxylic acid groups (broad SMARTS) is 1. The highest BCUT2D eigenvalue weighted by molar-refractivity contribution is 9.10. The fraction of sp³-hybridized carbons (Fsp3) is 0.462. The van der Waals surface area contributed by atoms with Crippen LogP contribution in [0.15, 0.2) is 16.6 Å². The molecule has 0 amide bonds. The quantitative estimate of drug-likeness (QED) is 0.889. The van der Waals surface area contributed by atoms with Crippen LogP contribution in [0.5, 0.6) is 0 Å². The van der Waals surface area contributed by atoms with Crippen molar-refractivity contribution in [2.45, 2.75) is 31.9 Å². The highest BCUT2D eigenvalue weighted by Gasteiger charge is 2.24. The standard InChI is InChI=1S/C13H15BrFNO3/c1-7(10-3-2-6-19-10)16-9-5-4-8(13(17)18)11(14)12(9)15/h4-5,7,10,16H,2-3,6H2,1H3,(H,17,18). The van der Waals surface area contributed by atoms with Crippen LogP contribution in [0.4, 0.5) is 10.1 Å². The maximum atomic E-state index is 14.1. The smallest absolute Gasteiger partial charge is 0.336 e. The summed E-state index contributed by atoms with van der Waals surface area (Å²) >= 11 is 2.98. The largest absolute Gasteiger partial charge is 0.478 e. The second-order valence-electron chi connectivity index (χ2n) is 4.58. The predicted molar refractivity (Wildman–Crippen MR) is 73.1 cm³/mol. The molecule has 0 aromatic heterocycles. The maximum Gasteiger partial charge on any atom is 0.336 e. The minimum Gasteiger partial charge on any atom is -0.478 e. The number of anilines is 1. The van der Waals surface area contributed by atoms with Gasteiger partial charge in [-0.15, -0.1) is 0 Å².